The molecule has 31 heavy (non-hydrogen) atoms. The van der Waals surface area contributed by atoms with E-state index in [9.17, 15) is 19.8 Å². The van der Waals surface area contributed by atoms with Gasteiger partial charge in [-0.3, -0.25) is 9.59 Å². The lowest BCUT2D eigenvalue weighted by Gasteiger charge is -2.26. The highest BCUT2D eigenvalue weighted by Gasteiger charge is 2.45. The van der Waals surface area contributed by atoms with Crippen molar-refractivity contribution in [2.75, 3.05) is 33.8 Å². The minimum Gasteiger partial charge on any atom is -0.508 e. The number of ether oxygens (including phenoxy) is 1. The molecular formula is C24H28N2O5. The van der Waals surface area contributed by atoms with Gasteiger partial charge in [0, 0.05) is 12.1 Å². The predicted octanol–water partition coefficient (Wildman–Crippen LogP) is 3.16. The van der Waals surface area contributed by atoms with Crippen LogP contribution in [-0.2, 0) is 9.59 Å². The smallest absolute Gasteiger partial charge is 0.295 e. The Bertz CT molecular complexity index is 982. The fraction of sp³-hybridized carbons (Fsp3) is 0.333. The number of carbonyl (C=O) groups excluding carboxylic acids is 2. The van der Waals surface area contributed by atoms with Crippen LogP contribution < -0.4 is 4.74 Å². The Balaban J connectivity index is 2.08. The van der Waals surface area contributed by atoms with Crippen molar-refractivity contribution < 1.29 is 24.5 Å². The number of aromatic hydroxyl groups is 1. The van der Waals surface area contributed by atoms with E-state index in [-0.39, 0.29) is 17.1 Å². The van der Waals surface area contributed by atoms with Crippen LogP contribution in [0, 0.1) is 0 Å². The van der Waals surface area contributed by atoms with Gasteiger partial charge in [0.15, 0.2) is 0 Å². The molecule has 1 saturated heterocycles. The average molecular weight is 424 g/mol. The molecular weight excluding hydrogens is 396 g/mol. The minimum atomic E-state index is -0.737. The van der Waals surface area contributed by atoms with Gasteiger partial charge >= 0.3 is 0 Å². The zero-order chi connectivity index (χ0) is 22.5. The topological polar surface area (TPSA) is 90.3 Å². The maximum Gasteiger partial charge on any atom is 0.295 e. The fourth-order valence-electron chi connectivity index (χ4n) is 3.73. The standard InChI is InChI=1S/C24H28N2O5/c1-4-31-19-8-5-7-17(15-19)22(28)20-21(16-9-11-18(27)12-10-16)26(24(30)23(20)29)14-6-13-25(2)3/h5,7-12,15,21,27-28H,4,6,13-14H2,1-3H3/b22-20+. The summed E-state index contributed by atoms with van der Waals surface area (Å²) in [7, 11) is 3.88. The van der Waals surface area contributed by atoms with Gasteiger partial charge in [-0.15, -0.1) is 0 Å². The Morgan fingerprint density at radius 2 is 1.84 bits per heavy atom. The van der Waals surface area contributed by atoms with Crippen LogP contribution in [0.15, 0.2) is 54.1 Å². The maximum absolute atomic E-state index is 13.0. The predicted molar refractivity (Wildman–Crippen MR) is 118 cm³/mol. The molecule has 1 fully saturated rings. The lowest BCUT2D eigenvalue weighted by Crippen LogP contribution is -2.32. The van der Waals surface area contributed by atoms with E-state index in [1.165, 1.54) is 17.0 Å². The second-order valence-electron chi connectivity index (χ2n) is 7.70. The fourth-order valence-corrected chi connectivity index (χ4v) is 3.73. The quantitative estimate of drug-likeness (QED) is 0.384. The molecule has 1 amide bonds. The Kier molecular flexibility index (Phi) is 6.97. The Morgan fingerprint density at radius 1 is 1.13 bits per heavy atom. The van der Waals surface area contributed by atoms with Crippen LogP contribution in [0.5, 0.6) is 11.5 Å². The summed E-state index contributed by atoms with van der Waals surface area (Å²) in [6.07, 6.45) is 0.675. The van der Waals surface area contributed by atoms with Crippen LogP contribution in [0.1, 0.15) is 30.5 Å². The van der Waals surface area contributed by atoms with E-state index in [0.29, 0.717) is 36.4 Å². The summed E-state index contributed by atoms with van der Waals surface area (Å²) in [6, 6.07) is 12.4. The minimum absolute atomic E-state index is 0.0363. The van der Waals surface area contributed by atoms with Gasteiger partial charge in [0.25, 0.3) is 11.7 Å². The van der Waals surface area contributed by atoms with Crippen molar-refractivity contribution in [2.45, 2.75) is 19.4 Å². The number of phenols is 1. The SMILES string of the molecule is CCOc1cccc(/C(O)=C2\C(=O)C(=O)N(CCCN(C)C)C2c2ccc(O)cc2)c1. The van der Waals surface area contributed by atoms with Crippen molar-refractivity contribution in [3.63, 3.8) is 0 Å². The number of amides is 1. The number of aliphatic hydroxyl groups is 1. The Morgan fingerprint density at radius 3 is 2.48 bits per heavy atom. The number of Topliss-reactive ketones (excluding diaryl/α,β-unsaturated/α-hetero) is 1. The Labute approximate surface area is 182 Å². The molecule has 1 heterocycles. The summed E-state index contributed by atoms with van der Waals surface area (Å²) in [5.74, 6) is -0.958. The van der Waals surface area contributed by atoms with Crippen LogP contribution in [0.2, 0.25) is 0 Å². The van der Waals surface area contributed by atoms with E-state index in [1.54, 1.807) is 36.4 Å². The van der Waals surface area contributed by atoms with Gasteiger partial charge in [0.2, 0.25) is 0 Å². The van der Waals surface area contributed by atoms with E-state index in [1.807, 2.05) is 25.9 Å². The number of likely N-dealkylation sites (tertiary alicyclic amines) is 1. The van der Waals surface area contributed by atoms with Crippen molar-refractivity contribution in [2.24, 2.45) is 0 Å². The molecule has 0 aliphatic carbocycles. The largest absolute Gasteiger partial charge is 0.508 e. The van der Waals surface area contributed by atoms with E-state index in [0.717, 1.165) is 6.54 Å². The first kappa shape index (κ1) is 22.4. The molecule has 7 heteroatoms. The van der Waals surface area contributed by atoms with Gasteiger partial charge in [-0.25, -0.2) is 0 Å². The van der Waals surface area contributed by atoms with Gasteiger partial charge < -0.3 is 24.7 Å². The van der Waals surface area contributed by atoms with E-state index in [4.69, 9.17) is 4.74 Å². The molecule has 1 aliphatic rings. The monoisotopic (exact) mass is 424 g/mol. The molecule has 0 radical (unpaired) electrons. The molecule has 7 nitrogen and oxygen atoms in total. The van der Waals surface area contributed by atoms with Gasteiger partial charge in [-0.2, -0.15) is 0 Å². The number of benzene rings is 2. The molecule has 0 bridgehead atoms. The van der Waals surface area contributed by atoms with Crippen LogP contribution in [-0.4, -0.2) is 65.5 Å². The molecule has 164 valence electrons. The Hall–Kier alpha value is -3.32. The summed E-state index contributed by atoms with van der Waals surface area (Å²) in [4.78, 5) is 29.4. The van der Waals surface area contributed by atoms with Crippen molar-refractivity contribution in [1.29, 1.82) is 0 Å². The average Bonchev–Trinajstić information content (AvgIpc) is 2.99. The van der Waals surface area contributed by atoms with Crippen molar-refractivity contribution >= 4 is 17.4 Å². The first-order valence-corrected chi connectivity index (χ1v) is 10.3. The number of ketones is 1. The highest BCUT2D eigenvalue weighted by molar-refractivity contribution is 6.46. The molecule has 1 aliphatic heterocycles. The molecule has 3 rings (SSSR count). The van der Waals surface area contributed by atoms with Crippen molar-refractivity contribution in [3.05, 3.63) is 65.2 Å². The number of rotatable bonds is 8. The van der Waals surface area contributed by atoms with Gasteiger partial charge in [-0.05, 0) is 63.8 Å². The second kappa shape index (κ2) is 9.66. The van der Waals surface area contributed by atoms with Crippen LogP contribution in [0.25, 0.3) is 5.76 Å². The van der Waals surface area contributed by atoms with E-state index in [2.05, 4.69) is 0 Å². The number of hydrogen-bond donors (Lipinski definition) is 2. The van der Waals surface area contributed by atoms with Gasteiger partial charge in [0.1, 0.15) is 17.3 Å². The molecule has 0 spiro atoms. The molecule has 1 atom stereocenters. The summed E-state index contributed by atoms with van der Waals surface area (Å²) < 4.78 is 5.50. The van der Waals surface area contributed by atoms with Gasteiger partial charge in [-0.1, -0.05) is 24.3 Å². The third kappa shape index (κ3) is 4.88. The zero-order valence-electron chi connectivity index (χ0n) is 18.0. The molecule has 2 aromatic carbocycles. The number of nitrogens with zero attached hydrogens (tertiary/aromatic N) is 2. The van der Waals surface area contributed by atoms with Crippen LogP contribution >= 0.6 is 0 Å². The lowest BCUT2D eigenvalue weighted by atomic mass is 9.95. The summed E-state index contributed by atoms with van der Waals surface area (Å²) in [6.45, 7) is 3.44. The van der Waals surface area contributed by atoms with Crippen molar-refractivity contribution in [1.82, 2.24) is 9.80 Å². The third-order valence-corrected chi connectivity index (χ3v) is 5.17. The molecule has 0 saturated carbocycles. The molecule has 0 aromatic heterocycles. The van der Waals surface area contributed by atoms with E-state index < -0.39 is 17.7 Å². The first-order chi connectivity index (χ1) is 14.8. The number of hydrogen-bond acceptors (Lipinski definition) is 6. The second-order valence-corrected chi connectivity index (χ2v) is 7.70. The summed E-state index contributed by atoms with van der Waals surface area (Å²) in [5, 5.41) is 20.8. The highest BCUT2D eigenvalue weighted by Crippen LogP contribution is 2.40. The summed E-state index contributed by atoms with van der Waals surface area (Å²) >= 11 is 0. The lowest BCUT2D eigenvalue weighted by molar-refractivity contribution is -0.139. The third-order valence-electron chi connectivity index (χ3n) is 5.17. The van der Waals surface area contributed by atoms with Crippen LogP contribution in [0.3, 0.4) is 0 Å². The number of carbonyl (C=O) groups is 2. The summed E-state index contributed by atoms with van der Waals surface area (Å²) in [5.41, 5.74) is 1.08. The van der Waals surface area contributed by atoms with E-state index >= 15 is 0 Å². The zero-order valence-corrected chi connectivity index (χ0v) is 18.0. The normalized spacial score (nSPS) is 18.1. The number of phenolic OH excluding ortho intramolecular Hbond substituents is 1. The molecule has 2 aromatic rings. The van der Waals surface area contributed by atoms with Crippen LogP contribution in [0.4, 0.5) is 0 Å². The highest BCUT2D eigenvalue weighted by atomic mass is 16.5. The van der Waals surface area contributed by atoms with Gasteiger partial charge in [0.05, 0.1) is 18.2 Å². The maximum atomic E-state index is 13.0. The first-order valence-electron chi connectivity index (χ1n) is 10.3. The molecule has 2 N–H and O–H groups in total. The molecule has 1 unspecified atom stereocenters. The van der Waals surface area contributed by atoms with Crippen molar-refractivity contribution in [3.8, 4) is 11.5 Å². The number of aliphatic hydroxyl groups excluding tert-OH is 1.